The van der Waals surface area contributed by atoms with E-state index in [0.717, 1.165) is 10.2 Å². The van der Waals surface area contributed by atoms with Crippen LogP contribution in [-0.2, 0) is 6.54 Å². The number of nitriles is 1. The van der Waals surface area contributed by atoms with E-state index in [0.29, 0.717) is 24.7 Å². The van der Waals surface area contributed by atoms with Gasteiger partial charge in [0, 0.05) is 11.0 Å². The summed E-state index contributed by atoms with van der Waals surface area (Å²) in [4.78, 5) is 2.00. The van der Waals surface area contributed by atoms with Gasteiger partial charge < -0.3 is 10.6 Å². The summed E-state index contributed by atoms with van der Waals surface area (Å²) in [5, 5.41) is 15.0. The van der Waals surface area contributed by atoms with Crippen molar-refractivity contribution in [1.29, 1.82) is 5.26 Å². The molecule has 3 rings (SSSR count). The molecule has 0 aromatic heterocycles. The lowest BCUT2D eigenvalue weighted by atomic mass is 10.2. The number of nitrogens with zero attached hydrogens (tertiary/aromatic N) is 4. The molecule has 22 heavy (non-hydrogen) atoms. The van der Waals surface area contributed by atoms with Crippen LogP contribution in [0.4, 0.5) is 5.69 Å². The van der Waals surface area contributed by atoms with E-state index in [1.807, 2.05) is 34.2 Å². The van der Waals surface area contributed by atoms with E-state index in [-0.39, 0.29) is 0 Å². The van der Waals surface area contributed by atoms with Crippen molar-refractivity contribution in [3.05, 3.63) is 64.1 Å². The first kappa shape index (κ1) is 14.4. The third-order valence-corrected chi connectivity index (χ3v) is 3.96. The van der Waals surface area contributed by atoms with Crippen LogP contribution in [0.25, 0.3) is 0 Å². The minimum atomic E-state index is 0.493. The lowest BCUT2D eigenvalue weighted by Crippen LogP contribution is -2.34. The smallest absolute Gasteiger partial charge is 0.216 e. The number of anilines is 1. The van der Waals surface area contributed by atoms with Gasteiger partial charge in [-0.05, 0) is 42.0 Å². The maximum atomic E-state index is 8.84. The summed E-state index contributed by atoms with van der Waals surface area (Å²) >= 11 is 3.43. The van der Waals surface area contributed by atoms with Crippen molar-refractivity contribution in [3.8, 4) is 6.07 Å². The van der Waals surface area contributed by atoms with Crippen molar-refractivity contribution in [2.24, 2.45) is 10.8 Å². The van der Waals surface area contributed by atoms with Crippen LogP contribution in [-0.4, -0.2) is 17.5 Å². The molecule has 2 aromatic rings. The van der Waals surface area contributed by atoms with Crippen molar-refractivity contribution < 1.29 is 0 Å². The Morgan fingerprint density at radius 3 is 2.45 bits per heavy atom. The second-order valence-electron chi connectivity index (χ2n) is 4.98. The second kappa shape index (κ2) is 6.08. The highest BCUT2D eigenvalue weighted by Gasteiger charge is 2.21. The van der Waals surface area contributed by atoms with E-state index in [1.54, 1.807) is 12.1 Å². The van der Waals surface area contributed by atoms with E-state index in [2.05, 4.69) is 39.2 Å². The molecule has 0 saturated carbocycles. The largest absolute Gasteiger partial charge is 0.368 e. The minimum Gasteiger partial charge on any atom is -0.368 e. The molecule has 0 radical (unpaired) electrons. The monoisotopic (exact) mass is 355 g/mol. The molecule has 0 atom stereocenters. The molecule has 2 aromatic carbocycles. The summed E-state index contributed by atoms with van der Waals surface area (Å²) in [6, 6.07) is 17.5. The van der Waals surface area contributed by atoms with Crippen LogP contribution < -0.4 is 10.7 Å². The molecule has 6 heteroatoms. The molecule has 2 N–H and O–H groups in total. The highest BCUT2D eigenvalue weighted by atomic mass is 79.9. The fourth-order valence-electron chi connectivity index (χ4n) is 2.24. The summed E-state index contributed by atoms with van der Waals surface area (Å²) < 4.78 is 1.05. The molecule has 0 fully saturated rings. The van der Waals surface area contributed by atoms with Gasteiger partial charge in [-0.1, -0.05) is 28.1 Å². The van der Waals surface area contributed by atoms with Gasteiger partial charge in [0.15, 0.2) is 0 Å². The lowest BCUT2D eigenvalue weighted by molar-refractivity contribution is 0.437. The predicted octanol–water partition coefficient (Wildman–Crippen LogP) is 2.83. The summed E-state index contributed by atoms with van der Waals surface area (Å²) in [5.74, 6) is 0.493. The topological polar surface area (TPSA) is 68.7 Å². The van der Waals surface area contributed by atoms with Crippen molar-refractivity contribution in [2.45, 2.75) is 6.54 Å². The number of hydrogen-bond acceptors (Lipinski definition) is 5. The first-order chi connectivity index (χ1) is 10.7. The fourth-order valence-corrected chi connectivity index (χ4v) is 2.51. The fraction of sp³-hybridized carbons (Fsp3) is 0.125. The summed E-state index contributed by atoms with van der Waals surface area (Å²) in [5.41, 5.74) is 8.73. The average Bonchev–Trinajstić information content (AvgIpc) is 2.91. The van der Waals surface area contributed by atoms with E-state index in [1.165, 1.54) is 5.56 Å². The van der Waals surface area contributed by atoms with Gasteiger partial charge in [-0.2, -0.15) is 5.26 Å². The first-order valence-electron chi connectivity index (χ1n) is 6.77. The van der Waals surface area contributed by atoms with Gasteiger partial charge in [0.2, 0.25) is 5.96 Å². The van der Waals surface area contributed by atoms with Gasteiger partial charge in [-0.15, -0.1) is 5.10 Å². The standard InChI is InChI=1S/C16H14BrN5/c17-14-5-1-13(2-6-14)10-21-11-22(20-16(21)19)15-7-3-12(9-18)4-8-15/h1-8H,10-11H2,(H2,19,20). The average molecular weight is 356 g/mol. The molecule has 0 bridgehead atoms. The molecule has 0 amide bonds. The van der Waals surface area contributed by atoms with Crippen LogP contribution in [0.2, 0.25) is 0 Å². The third kappa shape index (κ3) is 3.05. The zero-order chi connectivity index (χ0) is 15.5. The Morgan fingerprint density at radius 2 is 1.82 bits per heavy atom. The Bertz CT molecular complexity index is 731. The van der Waals surface area contributed by atoms with E-state index >= 15 is 0 Å². The van der Waals surface area contributed by atoms with Gasteiger partial charge in [0.1, 0.15) is 6.67 Å². The van der Waals surface area contributed by atoms with Crippen molar-refractivity contribution >= 4 is 27.6 Å². The Hall–Kier alpha value is -2.52. The molecule has 110 valence electrons. The third-order valence-electron chi connectivity index (χ3n) is 3.43. The molecule has 0 unspecified atom stereocenters. The minimum absolute atomic E-state index is 0.493. The Balaban J connectivity index is 1.71. The van der Waals surface area contributed by atoms with Gasteiger partial charge >= 0.3 is 0 Å². The summed E-state index contributed by atoms with van der Waals surface area (Å²) in [6.07, 6.45) is 0. The number of nitrogens with two attached hydrogens (primary N) is 1. The zero-order valence-corrected chi connectivity index (χ0v) is 13.4. The van der Waals surface area contributed by atoms with Crippen LogP contribution in [0.1, 0.15) is 11.1 Å². The van der Waals surface area contributed by atoms with E-state index in [4.69, 9.17) is 11.0 Å². The number of hydrogen-bond donors (Lipinski definition) is 1. The quantitative estimate of drug-likeness (QED) is 0.918. The lowest BCUT2D eigenvalue weighted by Gasteiger charge is -2.20. The Morgan fingerprint density at radius 1 is 1.14 bits per heavy atom. The van der Waals surface area contributed by atoms with Crippen molar-refractivity contribution in [1.82, 2.24) is 4.90 Å². The van der Waals surface area contributed by atoms with Crippen LogP contribution in [0.5, 0.6) is 0 Å². The molecular weight excluding hydrogens is 342 g/mol. The van der Waals surface area contributed by atoms with Crippen LogP contribution >= 0.6 is 15.9 Å². The van der Waals surface area contributed by atoms with Gasteiger partial charge in [-0.3, -0.25) is 0 Å². The van der Waals surface area contributed by atoms with Crippen LogP contribution in [0.3, 0.4) is 0 Å². The zero-order valence-electron chi connectivity index (χ0n) is 11.8. The number of halogens is 1. The number of rotatable bonds is 3. The number of guanidine groups is 1. The van der Waals surface area contributed by atoms with Gasteiger partial charge in [0.25, 0.3) is 0 Å². The normalized spacial score (nSPS) is 13.9. The first-order valence-corrected chi connectivity index (χ1v) is 7.56. The molecular formula is C16H14BrN5. The Labute approximate surface area is 137 Å². The van der Waals surface area contributed by atoms with Gasteiger partial charge in [0.05, 0.1) is 17.3 Å². The molecule has 0 spiro atoms. The summed E-state index contributed by atoms with van der Waals surface area (Å²) in [6.45, 7) is 1.29. The Kier molecular flexibility index (Phi) is 3.98. The van der Waals surface area contributed by atoms with E-state index < -0.39 is 0 Å². The molecule has 1 aliphatic heterocycles. The predicted molar refractivity (Wildman–Crippen MR) is 89.8 cm³/mol. The summed E-state index contributed by atoms with van der Waals surface area (Å²) in [7, 11) is 0. The molecule has 0 aliphatic carbocycles. The maximum absolute atomic E-state index is 8.84. The van der Waals surface area contributed by atoms with Crippen LogP contribution in [0.15, 0.2) is 58.1 Å². The van der Waals surface area contributed by atoms with Crippen LogP contribution in [0, 0.1) is 11.3 Å². The van der Waals surface area contributed by atoms with Crippen molar-refractivity contribution in [2.75, 3.05) is 11.7 Å². The SMILES string of the molecule is N#Cc1ccc(N2CN(Cc3ccc(Br)cc3)C(N)=N2)cc1. The molecule has 0 saturated heterocycles. The number of benzene rings is 2. The second-order valence-corrected chi connectivity index (χ2v) is 5.90. The highest BCUT2D eigenvalue weighted by molar-refractivity contribution is 9.10. The molecule has 1 aliphatic rings. The molecule has 1 heterocycles. The number of hydrazone groups is 1. The molecule has 5 nitrogen and oxygen atoms in total. The van der Waals surface area contributed by atoms with Crippen molar-refractivity contribution in [3.63, 3.8) is 0 Å². The maximum Gasteiger partial charge on any atom is 0.216 e. The van der Waals surface area contributed by atoms with Gasteiger partial charge in [-0.25, -0.2) is 5.01 Å². The highest BCUT2D eigenvalue weighted by Crippen LogP contribution is 2.21. The van der Waals surface area contributed by atoms with E-state index in [9.17, 15) is 0 Å².